The van der Waals surface area contributed by atoms with Crippen LogP contribution in [0.2, 0.25) is 0 Å². The first-order valence-corrected chi connectivity index (χ1v) is 9.70. The minimum Gasteiger partial charge on any atom is -0.350 e. The number of carbonyl (C=O) groups excluding carboxylic acids is 2. The predicted molar refractivity (Wildman–Crippen MR) is 107 cm³/mol. The zero-order valence-corrected chi connectivity index (χ0v) is 16.8. The Morgan fingerprint density at radius 3 is 2.43 bits per heavy atom. The topological polar surface area (TPSA) is 115 Å². The highest BCUT2D eigenvalue weighted by Gasteiger charge is 2.25. The molecule has 1 aromatic carbocycles. The summed E-state index contributed by atoms with van der Waals surface area (Å²) in [6.07, 6.45) is 1.15. The summed E-state index contributed by atoms with van der Waals surface area (Å²) in [5.41, 5.74) is 6.95. The highest BCUT2D eigenvalue weighted by atomic mass is 16.2. The minimum atomic E-state index is -0.746. The van der Waals surface area contributed by atoms with Crippen LogP contribution in [-0.4, -0.2) is 45.2 Å². The van der Waals surface area contributed by atoms with Gasteiger partial charge in [-0.1, -0.05) is 37.3 Å². The molecule has 2 aromatic rings. The van der Waals surface area contributed by atoms with Crippen molar-refractivity contribution in [3.8, 4) is 0 Å². The molecule has 0 radical (unpaired) electrons. The van der Waals surface area contributed by atoms with Crippen molar-refractivity contribution in [3.05, 3.63) is 47.5 Å². The molecule has 0 aliphatic carbocycles. The number of rotatable bonds is 10. The number of carbonyl (C=O) groups is 2. The van der Waals surface area contributed by atoms with Crippen LogP contribution in [0.15, 0.2) is 30.3 Å². The Morgan fingerprint density at radius 2 is 1.86 bits per heavy atom. The average Bonchev–Trinajstić information content (AvgIpc) is 3.06. The lowest BCUT2D eigenvalue weighted by molar-refractivity contribution is -0.129. The summed E-state index contributed by atoms with van der Waals surface area (Å²) in [7, 11) is 0. The molecular weight excluding hydrogens is 356 g/mol. The van der Waals surface area contributed by atoms with Gasteiger partial charge in [-0.2, -0.15) is 5.10 Å². The Balaban J connectivity index is 2.09. The van der Waals surface area contributed by atoms with E-state index in [2.05, 4.69) is 20.7 Å². The molecule has 0 fully saturated rings. The van der Waals surface area contributed by atoms with Crippen LogP contribution >= 0.6 is 0 Å². The molecule has 0 saturated carbocycles. The van der Waals surface area contributed by atoms with E-state index < -0.39 is 6.04 Å². The van der Waals surface area contributed by atoms with E-state index in [1.54, 1.807) is 11.6 Å². The average molecular weight is 387 g/mol. The lowest BCUT2D eigenvalue weighted by Gasteiger charge is -2.22. The van der Waals surface area contributed by atoms with Crippen LogP contribution in [0.25, 0.3) is 0 Å². The number of hydrogen-bond acceptors (Lipinski definition) is 5. The fourth-order valence-electron chi connectivity index (χ4n) is 2.95. The van der Waals surface area contributed by atoms with Gasteiger partial charge in [0.2, 0.25) is 11.8 Å². The third-order valence-electron chi connectivity index (χ3n) is 4.52. The Bertz CT molecular complexity index is 774. The molecule has 8 heteroatoms. The Labute approximate surface area is 165 Å². The number of benzene rings is 1. The Kier molecular flexibility index (Phi) is 8.13. The van der Waals surface area contributed by atoms with Crippen molar-refractivity contribution in [3.63, 3.8) is 0 Å². The van der Waals surface area contributed by atoms with E-state index in [4.69, 9.17) is 5.73 Å². The Hall–Kier alpha value is -2.74. The van der Waals surface area contributed by atoms with Crippen LogP contribution in [0.4, 0.5) is 0 Å². The number of hydrogen-bond donors (Lipinski definition) is 3. The van der Waals surface area contributed by atoms with E-state index in [0.717, 1.165) is 11.4 Å². The number of nitrogens with one attached hydrogen (secondary N) is 2. The first-order valence-electron chi connectivity index (χ1n) is 9.70. The van der Waals surface area contributed by atoms with Gasteiger partial charge in [-0.25, -0.2) is 4.98 Å². The molecule has 0 saturated heterocycles. The minimum absolute atomic E-state index is 0.195. The van der Waals surface area contributed by atoms with Crippen LogP contribution in [0.5, 0.6) is 0 Å². The van der Waals surface area contributed by atoms with Gasteiger partial charge in [-0.15, -0.1) is 0 Å². The van der Waals surface area contributed by atoms with Crippen LogP contribution < -0.4 is 16.4 Å². The summed E-state index contributed by atoms with van der Waals surface area (Å²) < 4.78 is 1.77. The standard InChI is InChI=1S/C20H30N6O2/c1-4-19(27)24-17(12-18-22-14(3)26(5-2)25-18)20(28)23-16(13-21)11-15-9-7-6-8-10-15/h6-10,16-17H,4-5,11-13,21H2,1-3H3,(H,23,28)(H,24,27)/t16-,17-/m0/s1. The van der Waals surface area contributed by atoms with Crippen LogP contribution in [-0.2, 0) is 29.0 Å². The van der Waals surface area contributed by atoms with Crippen LogP contribution in [0.3, 0.4) is 0 Å². The SMILES string of the molecule is CCC(=O)N[C@@H](Cc1nc(C)n(CC)n1)C(=O)N[C@H](CN)Cc1ccccc1. The summed E-state index contributed by atoms with van der Waals surface area (Å²) in [6, 6.07) is 8.87. The number of nitrogens with two attached hydrogens (primary N) is 1. The van der Waals surface area contributed by atoms with E-state index in [1.807, 2.05) is 44.2 Å². The molecule has 0 bridgehead atoms. The van der Waals surface area contributed by atoms with Crippen molar-refractivity contribution in [1.82, 2.24) is 25.4 Å². The maximum Gasteiger partial charge on any atom is 0.243 e. The maximum absolute atomic E-state index is 12.9. The molecule has 2 atom stereocenters. The third kappa shape index (κ3) is 6.16. The van der Waals surface area contributed by atoms with Crippen molar-refractivity contribution >= 4 is 11.8 Å². The molecule has 1 aromatic heterocycles. The number of aryl methyl sites for hydroxylation is 2. The quantitative estimate of drug-likeness (QED) is 0.557. The van der Waals surface area contributed by atoms with Gasteiger partial charge in [0.25, 0.3) is 0 Å². The van der Waals surface area contributed by atoms with Crippen molar-refractivity contribution < 1.29 is 9.59 Å². The van der Waals surface area contributed by atoms with Gasteiger partial charge in [0.1, 0.15) is 11.9 Å². The molecule has 2 rings (SSSR count). The lowest BCUT2D eigenvalue weighted by Crippen LogP contribution is -2.52. The second-order valence-corrected chi connectivity index (χ2v) is 6.70. The highest BCUT2D eigenvalue weighted by molar-refractivity contribution is 5.87. The second-order valence-electron chi connectivity index (χ2n) is 6.70. The monoisotopic (exact) mass is 386 g/mol. The van der Waals surface area contributed by atoms with E-state index in [9.17, 15) is 9.59 Å². The van der Waals surface area contributed by atoms with Gasteiger partial charge in [-0.3, -0.25) is 14.3 Å². The Morgan fingerprint density at radius 1 is 1.14 bits per heavy atom. The van der Waals surface area contributed by atoms with E-state index >= 15 is 0 Å². The number of aromatic nitrogens is 3. The predicted octanol–water partition coefficient (Wildman–Crippen LogP) is 0.730. The molecule has 0 aliphatic heterocycles. The molecule has 152 valence electrons. The van der Waals surface area contributed by atoms with Crippen molar-refractivity contribution in [2.75, 3.05) is 6.54 Å². The second kappa shape index (κ2) is 10.6. The summed E-state index contributed by atoms with van der Waals surface area (Å²) >= 11 is 0. The highest BCUT2D eigenvalue weighted by Crippen LogP contribution is 2.05. The van der Waals surface area contributed by atoms with Crippen molar-refractivity contribution in [1.29, 1.82) is 0 Å². The maximum atomic E-state index is 12.9. The van der Waals surface area contributed by atoms with E-state index in [0.29, 0.717) is 31.8 Å². The first kappa shape index (κ1) is 21.6. The molecule has 1 heterocycles. The van der Waals surface area contributed by atoms with Crippen molar-refractivity contribution in [2.45, 2.75) is 58.7 Å². The molecule has 8 nitrogen and oxygen atoms in total. The molecule has 4 N–H and O–H groups in total. The fourth-order valence-corrected chi connectivity index (χ4v) is 2.95. The lowest BCUT2D eigenvalue weighted by atomic mass is 10.0. The van der Waals surface area contributed by atoms with Crippen molar-refractivity contribution in [2.24, 2.45) is 5.73 Å². The van der Waals surface area contributed by atoms with Gasteiger partial charge in [-0.05, 0) is 25.8 Å². The first-order chi connectivity index (χ1) is 13.5. The normalized spacial score (nSPS) is 13.0. The van der Waals surface area contributed by atoms with Gasteiger partial charge < -0.3 is 16.4 Å². The zero-order chi connectivity index (χ0) is 20.5. The summed E-state index contributed by atoms with van der Waals surface area (Å²) in [4.78, 5) is 29.2. The fraction of sp³-hybridized carbons (Fsp3) is 0.500. The largest absolute Gasteiger partial charge is 0.350 e. The molecule has 2 amide bonds. The summed E-state index contributed by atoms with van der Waals surface area (Å²) in [6.45, 7) is 6.59. The number of amides is 2. The van der Waals surface area contributed by atoms with Gasteiger partial charge in [0, 0.05) is 32.0 Å². The third-order valence-corrected chi connectivity index (χ3v) is 4.52. The molecular formula is C20H30N6O2. The van der Waals surface area contributed by atoms with Crippen LogP contribution in [0, 0.1) is 6.92 Å². The van der Waals surface area contributed by atoms with E-state index in [-0.39, 0.29) is 24.3 Å². The smallest absolute Gasteiger partial charge is 0.243 e. The molecule has 0 unspecified atom stereocenters. The van der Waals surface area contributed by atoms with Gasteiger partial charge in [0.15, 0.2) is 5.82 Å². The van der Waals surface area contributed by atoms with Crippen LogP contribution in [0.1, 0.15) is 37.5 Å². The van der Waals surface area contributed by atoms with Gasteiger partial charge in [0.05, 0.1) is 0 Å². The molecule has 0 spiro atoms. The summed E-state index contributed by atoms with van der Waals surface area (Å²) in [5, 5.41) is 10.1. The summed E-state index contributed by atoms with van der Waals surface area (Å²) in [5.74, 6) is 0.837. The van der Waals surface area contributed by atoms with Gasteiger partial charge >= 0.3 is 0 Å². The zero-order valence-electron chi connectivity index (χ0n) is 16.8. The molecule has 0 aliphatic rings. The van der Waals surface area contributed by atoms with E-state index in [1.165, 1.54) is 0 Å². The molecule has 28 heavy (non-hydrogen) atoms. The number of nitrogens with zero attached hydrogens (tertiary/aromatic N) is 3.